The lowest BCUT2D eigenvalue weighted by molar-refractivity contribution is 0.393. The highest BCUT2D eigenvalue weighted by atomic mass is 16.5. The summed E-state index contributed by atoms with van der Waals surface area (Å²) in [5, 5.41) is 8.83. The molecule has 3 rings (SSSR count). The summed E-state index contributed by atoms with van der Waals surface area (Å²) in [6.07, 6.45) is 3.66. The highest BCUT2D eigenvalue weighted by Gasteiger charge is 2.13. The molecule has 6 nitrogen and oxygen atoms in total. The maximum Gasteiger partial charge on any atom is 0.270 e. The molecule has 1 aromatic carbocycles. The van der Waals surface area contributed by atoms with Crippen LogP contribution < -0.4 is 4.74 Å². The van der Waals surface area contributed by atoms with Gasteiger partial charge in [0.15, 0.2) is 0 Å². The quantitative estimate of drug-likeness (QED) is 0.721. The lowest BCUT2D eigenvalue weighted by atomic mass is 10.3. The van der Waals surface area contributed by atoms with Crippen molar-refractivity contribution in [2.24, 2.45) is 0 Å². The van der Waals surface area contributed by atoms with Crippen molar-refractivity contribution in [1.29, 1.82) is 0 Å². The van der Waals surface area contributed by atoms with E-state index >= 15 is 0 Å². The van der Waals surface area contributed by atoms with E-state index in [9.17, 15) is 0 Å². The first-order valence-electron chi connectivity index (χ1n) is 6.93. The number of methoxy groups -OCH3 is 1. The van der Waals surface area contributed by atoms with Crippen molar-refractivity contribution in [3.05, 3.63) is 48.4 Å². The predicted octanol–water partition coefficient (Wildman–Crippen LogP) is 2.41. The minimum absolute atomic E-state index is 0.545. The van der Waals surface area contributed by atoms with Crippen molar-refractivity contribution in [3.63, 3.8) is 0 Å². The van der Waals surface area contributed by atoms with Crippen LogP contribution in [0.3, 0.4) is 0 Å². The zero-order valence-corrected chi connectivity index (χ0v) is 12.1. The topological polar surface area (TPSA) is 57.8 Å². The number of aryl methyl sites for hydroxylation is 1. The third-order valence-electron chi connectivity index (χ3n) is 3.12. The van der Waals surface area contributed by atoms with Crippen LogP contribution in [0, 0.1) is 0 Å². The molecule has 108 valence electrons. The van der Waals surface area contributed by atoms with Crippen LogP contribution in [0.25, 0.3) is 11.6 Å². The zero-order chi connectivity index (χ0) is 14.7. The van der Waals surface area contributed by atoms with E-state index in [1.54, 1.807) is 24.1 Å². The molecule has 0 unspecified atom stereocenters. The number of hydrogen-bond donors (Lipinski definition) is 0. The zero-order valence-electron chi connectivity index (χ0n) is 12.1. The SMILES string of the molecule is CCCc1nc(-n2ccc(OC)n2)nn1-c1ccccc1. The first-order chi connectivity index (χ1) is 10.3. The predicted molar refractivity (Wildman–Crippen MR) is 79.0 cm³/mol. The number of benzene rings is 1. The summed E-state index contributed by atoms with van der Waals surface area (Å²) in [5.41, 5.74) is 0.999. The van der Waals surface area contributed by atoms with E-state index in [0.717, 1.165) is 24.4 Å². The fraction of sp³-hybridized carbons (Fsp3) is 0.267. The molecule has 0 radical (unpaired) electrons. The van der Waals surface area contributed by atoms with Gasteiger partial charge < -0.3 is 4.74 Å². The molecule has 0 amide bonds. The Kier molecular flexibility index (Phi) is 3.68. The van der Waals surface area contributed by atoms with Crippen molar-refractivity contribution in [3.8, 4) is 17.5 Å². The Balaban J connectivity index is 2.04. The molecule has 2 aromatic heterocycles. The van der Waals surface area contributed by atoms with Crippen molar-refractivity contribution in [2.75, 3.05) is 7.11 Å². The molecule has 0 aliphatic heterocycles. The first kappa shape index (κ1) is 13.4. The van der Waals surface area contributed by atoms with Crippen molar-refractivity contribution >= 4 is 0 Å². The Morgan fingerprint density at radius 2 is 1.90 bits per heavy atom. The summed E-state index contributed by atoms with van der Waals surface area (Å²) in [6, 6.07) is 11.8. The van der Waals surface area contributed by atoms with Gasteiger partial charge in [-0.2, -0.15) is 4.98 Å². The van der Waals surface area contributed by atoms with E-state index in [4.69, 9.17) is 4.74 Å². The fourth-order valence-electron chi connectivity index (χ4n) is 2.12. The largest absolute Gasteiger partial charge is 0.480 e. The molecular formula is C15H17N5O. The molecule has 0 aliphatic rings. The molecule has 0 saturated heterocycles. The minimum atomic E-state index is 0.545. The number of hydrogen-bond acceptors (Lipinski definition) is 4. The molecule has 3 aromatic rings. The summed E-state index contributed by atoms with van der Waals surface area (Å²) >= 11 is 0. The van der Waals surface area contributed by atoms with E-state index in [-0.39, 0.29) is 0 Å². The smallest absolute Gasteiger partial charge is 0.270 e. The second-order valence-electron chi connectivity index (χ2n) is 4.63. The molecule has 2 heterocycles. The number of rotatable bonds is 5. The van der Waals surface area contributed by atoms with Crippen LogP contribution in [0.2, 0.25) is 0 Å². The Labute approximate surface area is 123 Å². The summed E-state index contributed by atoms with van der Waals surface area (Å²) in [5.74, 6) is 2.02. The van der Waals surface area contributed by atoms with Gasteiger partial charge in [-0.1, -0.05) is 25.1 Å². The molecule has 0 atom stereocenters. The van der Waals surface area contributed by atoms with Crippen LogP contribution in [0.15, 0.2) is 42.6 Å². The van der Waals surface area contributed by atoms with Gasteiger partial charge in [0, 0.05) is 18.7 Å². The molecule has 0 bridgehead atoms. The van der Waals surface area contributed by atoms with Gasteiger partial charge in [-0.25, -0.2) is 9.36 Å². The van der Waals surface area contributed by atoms with E-state index in [1.165, 1.54) is 0 Å². The van der Waals surface area contributed by atoms with Crippen LogP contribution in [0.5, 0.6) is 5.88 Å². The molecule has 0 N–H and O–H groups in total. The van der Waals surface area contributed by atoms with Crippen molar-refractivity contribution < 1.29 is 4.74 Å². The summed E-state index contributed by atoms with van der Waals surface area (Å²) in [4.78, 5) is 4.59. The Morgan fingerprint density at radius 3 is 2.57 bits per heavy atom. The van der Waals surface area contributed by atoms with Crippen LogP contribution in [0.1, 0.15) is 19.2 Å². The number of aromatic nitrogens is 5. The van der Waals surface area contributed by atoms with E-state index in [0.29, 0.717) is 11.8 Å². The summed E-state index contributed by atoms with van der Waals surface area (Å²) < 4.78 is 8.58. The van der Waals surface area contributed by atoms with Gasteiger partial charge in [0.05, 0.1) is 12.8 Å². The number of ether oxygens (including phenoxy) is 1. The van der Waals surface area contributed by atoms with Crippen molar-refractivity contribution in [2.45, 2.75) is 19.8 Å². The molecule has 0 fully saturated rings. The minimum Gasteiger partial charge on any atom is -0.480 e. The van der Waals surface area contributed by atoms with Gasteiger partial charge in [0.25, 0.3) is 5.95 Å². The third kappa shape index (κ3) is 2.65. The number of para-hydroxylation sites is 1. The summed E-state index contributed by atoms with van der Waals surface area (Å²) in [6.45, 7) is 2.13. The highest BCUT2D eigenvalue weighted by Crippen LogP contribution is 2.14. The normalized spacial score (nSPS) is 10.8. The molecule has 21 heavy (non-hydrogen) atoms. The van der Waals surface area contributed by atoms with Gasteiger partial charge in [-0.15, -0.1) is 10.2 Å². The Bertz CT molecular complexity index is 717. The molecular weight excluding hydrogens is 266 g/mol. The molecule has 0 saturated carbocycles. The lowest BCUT2D eigenvalue weighted by Gasteiger charge is -2.03. The van der Waals surface area contributed by atoms with Crippen LogP contribution in [-0.2, 0) is 6.42 Å². The second kappa shape index (κ2) is 5.78. The highest BCUT2D eigenvalue weighted by molar-refractivity contribution is 5.32. The van der Waals surface area contributed by atoms with Gasteiger partial charge in [-0.05, 0) is 18.6 Å². The maximum absolute atomic E-state index is 5.09. The van der Waals surface area contributed by atoms with Gasteiger partial charge in [0.1, 0.15) is 5.82 Å². The lowest BCUT2D eigenvalue weighted by Crippen LogP contribution is -2.03. The fourth-order valence-corrected chi connectivity index (χ4v) is 2.12. The average Bonchev–Trinajstić information content (AvgIpc) is 3.15. The van der Waals surface area contributed by atoms with Crippen LogP contribution in [-0.4, -0.2) is 31.7 Å². The van der Waals surface area contributed by atoms with E-state index in [1.807, 2.05) is 35.0 Å². The molecule has 0 spiro atoms. The summed E-state index contributed by atoms with van der Waals surface area (Å²) in [7, 11) is 1.59. The van der Waals surface area contributed by atoms with Crippen LogP contribution in [0.4, 0.5) is 0 Å². The molecule has 6 heteroatoms. The maximum atomic E-state index is 5.09. The molecule has 0 aliphatic carbocycles. The van der Waals surface area contributed by atoms with Crippen molar-refractivity contribution in [1.82, 2.24) is 24.5 Å². The first-order valence-corrected chi connectivity index (χ1v) is 6.93. The monoisotopic (exact) mass is 283 g/mol. The Hall–Kier alpha value is -2.63. The number of nitrogens with zero attached hydrogens (tertiary/aromatic N) is 5. The van der Waals surface area contributed by atoms with Gasteiger partial charge >= 0.3 is 0 Å². The van der Waals surface area contributed by atoms with E-state index in [2.05, 4.69) is 22.1 Å². The van der Waals surface area contributed by atoms with Gasteiger partial charge in [0.2, 0.25) is 5.88 Å². The van der Waals surface area contributed by atoms with Gasteiger partial charge in [-0.3, -0.25) is 0 Å². The Morgan fingerprint density at radius 1 is 1.10 bits per heavy atom. The van der Waals surface area contributed by atoms with Crippen LogP contribution >= 0.6 is 0 Å². The third-order valence-corrected chi connectivity index (χ3v) is 3.12. The second-order valence-corrected chi connectivity index (χ2v) is 4.63. The average molecular weight is 283 g/mol. The van der Waals surface area contributed by atoms with E-state index < -0.39 is 0 Å². The standard InChI is InChI=1S/C15H17N5O/c1-3-7-13-16-15(19-11-10-14(17-19)21-2)18-20(13)12-8-5-4-6-9-12/h4-6,8-11H,3,7H2,1-2H3.